The first kappa shape index (κ1) is 14.1. The number of aryl methyl sites for hydroxylation is 1. The van der Waals surface area contributed by atoms with Crippen LogP contribution in [0.15, 0.2) is 36.4 Å². The second-order valence-corrected chi connectivity index (χ2v) is 5.79. The molecule has 102 valence electrons. The highest BCUT2D eigenvalue weighted by Gasteiger charge is 2.11. The lowest BCUT2D eigenvalue weighted by atomic mass is 10.0. The SMILES string of the molecule is CCc1ccc(CC(NC)c2ccc(OC)cc2)s1. The normalized spacial score (nSPS) is 12.4. The van der Waals surface area contributed by atoms with Gasteiger partial charge in [-0.15, -0.1) is 11.3 Å². The lowest BCUT2D eigenvalue weighted by Gasteiger charge is -2.16. The van der Waals surface area contributed by atoms with Crippen molar-refractivity contribution in [3.8, 4) is 5.75 Å². The lowest BCUT2D eigenvalue weighted by Crippen LogP contribution is -2.18. The first-order valence-corrected chi connectivity index (χ1v) is 7.47. The molecule has 0 aliphatic carbocycles. The average Bonchev–Trinajstić information content (AvgIpc) is 2.92. The summed E-state index contributed by atoms with van der Waals surface area (Å²) in [4.78, 5) is 2.90. The molecule has 0 bridgehead atoms. The molecular weight excluding hydrogens is 254 g/mol. The molecule has 0 saturated carbocycles. The third kappa shape index (κ3) is 3.58. The molecule has 3 heteroatoms. The van der Waals surface area contributed by atoms with Crippen LogP contribution in [0.1, 0.15) is 28.3 Å². The number of likely N-dealkylation sites (N-methyl/N-ethyl adjacent to an activating group) is 1. The number of thiophene rings is 1. The van der Waals surface area contributed by atoms with Crippen molar-refractivity contribution < 1.29 is 4.74 Å². The van der Waals surface area contributed by atoms with Crippen molar-refractivity contribution in [2.75, 3.05) is 14.2 Å². The molecule has 0 aliphatic heterocycles. The van der Waals surface area contributed by atoms with E-state index in [0.717, 1.165) is 18.6 Å². The second kappa shape index (κ2) is 6.73. The fourth-order valence-electron chi connectivity index (χ4n) is 2.15. The quantitative estimate of drug-likeness (QED) is 0.865. The van der Waals surface area contributed by atoms with Crippen molar-refractivity contribution in [1.82, 2.24) is 5.32 Å². The summed E-state index contributed by atoms with van der Waals surface area (Å²) in [6, 6.07) is 13.1. The summed E-state index contributed by atoms with van der Waals surface area (Å²) in [7, 11) is 3.71. The predicted octanol–water partition coefficient (Wildman–Crippen LogP) is 3.82. The summed E-state index contributed by atoms with van der Waals surface area (Å²) in [5.41, 5.74) is 1.30. The van der Waals surface area contributed by atoms with Gasteiger partial charge in [0.1, 0.15) is 5.75 Å². The lowest BCUT2D eigenvalue weighted by molar-refractivity contribution is 0.414. The fraction of sp³-hybridized carbons (Fsp3) is 0.375. The van der Waals surface area contributed by atoms with Crippen LogP contribution in [-0.4, -0.2) is 14.2 Å². The minimum atomic E-state index is 0.356. The van der Waals surface area contributed by atoms with Crippen LogP contribution in [-0.2, 0) is 12.8 Å². The summed E-state index contributed by atoms with van der Waals surface area (Å²) in [6.07, 6.45) is 2.16. The molecule has 1 unspecified atom stereocenters. The maximum atomic E-state index is 5.20. The highest BCUT2D eigenvalue weighted by atomic mass is 32.1. The highest BCUT2D eigenvalue weighted by molar-refractivity contribution is 7.11. The van der Waals surface area contributed by atoms with Crippen LogP contribution in [0, 0.1) is 0 Å². The van der Waals surface area contributed by atoms with Crippen molar-refractivity contribution in [2.45, 2.75) is 25.8 Å². The van der Waals surface area contributed by atoms with E-state index in [0.29, 0.717) is 6.04 Å². The Morgan fingerprint density at radius 1 is 1.11 bits per heavy atom. The van der Waals surface area contributed by atoms with Gasteiger partial charge in [0.2, 0.25) is 0 Å². The number of benzene rings is 1. The smallest absolute Gasteiger partial charge is 0.118 e. The van der Waals surface area contributed by atoms with Gasteiger partial charge in [0.05, 0.1) is 7.11 Å². The number of methoxy groups -OCH3 is 1. The van der Waals surface area contributed by atoms with E-state index in [9.17, 15) is 0 Å². The predicted molar refractivity (Wildman–Crippen MR) is 82.2 cm³/mol. The Kier molecular flexibility index (Phi) is 5.00. The molecular formula is C16H21NOS. The van der Waals surface area contributed by atoms with Crippen LogP contribution in [0.2, 0.25) is 0 Å². The Morgan fingerprint density at radius 2 is 1.79 bits per heavy atom. The first-order valence-electron chi connectivity index (χ1n) is 6.65. The Labute approximate surface area is 119 Å². The minimum Gasteiger partial charge on any atom is -0.497 e. The molecule has 0 spiro atoms. The molecule has 1 aromatic carbocycles. The molecule has 0 radical (unpaired) electrons. The van der Waals surface area contributed by atoms with Gasteiger partial charge in [-0.3, -0.25) is 0 Å². The third-order valence-corrected chi connectivity index (χ3v) is 4.59. The van der Waals surface area contributed by atoms with Gasteiger partial charge in [0.15, 0.2) is 0 Å². The summed E-state index contributed by atoms with van der Waals surface area (Å²) in [6.45, 7) is 2.20. The summed E-state index contributed by atoms with van der Waals surface area (Å²) in [5.74, 6) is 0.906. The molecule has 0 amide bonds. The average molecular weight is 275 g/mol. The molecule has 2 rings (SSSR count). The van der Waals surface area contributed by atoms with Crippen molar-refractivity contribution >= 4 is 11.3 Å². The van der Waals surface area contributed by atoms with Gasteiger partial charge in [-0.05, 0) is 43.3 Å². The van der Waals surface area contributed by atoms with Crippen LogP contribution < -0.4 is 10.1 Å². The third-order valence-electron chi connectivity index (χ3n) is 3.34. The van der Waals surface area contributed by atoms with E-state index in [1.54, 1.807) is 7.11 Å². The largest absolute Gasteiger partial charge is 0.497 e. The van der Waals surface area contributed by atoms with Gasteiger partial charge in [-0.25, -0.2) is 0 Å². The van der Waals surface area contributed by atoms with Gasteiger partial charge in [0.25, 0.3) is 0 Å². The fourth-order valence-corrected chi connectivity index (χ4v) is 3.15. The zero-order chi connectivity index (χ0) is 13.7. The van der Waals surface area contributed by atoms with Gasteiger partial charge in [-0.2, -0.15) is 0 Å². The Bertz CT molecular complexity index is 504. The first-order chi connectivity index (χ1) is 9.26. The van der Waals surface area contributed by atoms with Gasteiger partial charge >= 0.3 is 0 Å². The zero-order valence-electron chi connectivity index (χ0n) is 11.8. The highest BCUT2D eigenvalue weighted by Crippen LogP contribution is 2.25. The minimum absolute atomic E-state index is 0.356. The molecule has 1 aromatic heterocycles. The molecule has 2 aromatic rings. The van der Waals surface area contributed by atoms with Crippen molar-refractivity contribution in [1.29, 1.82) is 0 Å². The summed E-state index contributed by atoms with van der Waals surface area (Å²) >= 11 is 1.91. The molecule has 1 atom stereocenters. The van der Waals surface area contributed by atoms with E-state index in [4.69, 9.17) is 4.74 Å². The topological polar surface area (TPSA) is 21.3 Å². The van der Waals surface area contributed by atoms with Gasteiger partial charge in [-0.1, -0.05) is 19.1 Å². The van der Waals surface area contributed by atoms with Crippen LogP contribution in [0.25, 0.3) is 0 Å². The molecule has 1 heterocycles. The number of hydrogen-bond donors (Lipinski definition) is 1. The van der Waals surface area contributed by atoms with Gasteiger partial charge < -0.3 is 10.1 Å². The summed E-state index contributed by atoms with van der Waals surface area (Å²) < 4.78 is 5.20. The monoisotopic (exact) mass is 275 g/mol. The molecule has 0 saturated heterocycles. The maximum absolute atomic E-state index is 5.20. The van der Waals surface area contributed by atoms with Gasteiger partial charge in [0, 0.05) is 22.2 Å². The van der Waals surface area contributed by atoms with E-state index in [1.807, 2.05) is 30.5 Å². The van der Waals surface area contributed by atoms with E-state index >= 15 is 0 Å². The number of ether oxygens (including phenoxy) is 1. The van der Waals surface area contributed by atoms with E-state index in [-0.39, 0.29) is 0 Å². The molecule has 2 nitrogen and oxygen atoms in total. The Hall–Kier alpha value is -1.32. The zero-order valence-corrected chi connectivity index (χ0v) is 12.6. The maximum Gasteiger partial charge on any atom is 0.118 e. The van der Waals surface area contributed by atoms with Crippen LogP contribution in [0.4, 0.5) is 0 Å². The Morgan fingerprint density at radius 3 is 2.32 bits per heavy atom. The molecule has 0 aliphatic rings. The number of nitrogens with one attached hydrogen (secondary N) is 1. The van der Waals surface area contributed by atoms with Crippen molar-refractivity contribution in [2.24, 2.45) is 0 Å². The molecule has 0 fully saturated rings. The van der Waals surface area contributed by atoms with Crippen LogP contribution in [0.3, 0.4) is 0 Å². The van der Waals surface area contributed by atoms with Crippen LogP contribution in [0.5, 0.6) is 5.75 Å². The summed E-state index contributed by atoms with van der Waals surface area (Å²) in [5, 5.41) is 3.40. The molecule has 19 heavy (non-hydrogen) atoms. The van der Waals surface area contributed by atoms with E-state index in [2.05, 4.69) is 36.5 Å². The second-order valence-electron chi connectivity index (χ2n) is 4.54. The van der Waals surface area contributed by atoms with Crippen molar-refractivity contribution in [3.63, 3.8) is 0 Å². The Balaban J connectivity index is 2.10. The van der Waals surface area contributed by atoms with E-state index < -0.39 is 0 Å². The number of rotatable bonds is 6. The molecule has 1 N–H and O–H groups in total. The van der Waals surface area contributed by atoms with Crippen molar-refractivity contribution in [3.05, 3.63) is 51.7 Å². The number of hydrogen-bond acceptors (Lipinski definition) is 3. The standard InChI is InChI=1S/C16H21NOS/c1-4-14-9-10-15(19-14)11-16(17-2)12-5-7-13(18-3)8-6-12/h5-10,16-17H,4,11H2,1-3H3. The van der Waals surface area contributed by atoms with Crippen LogP contribution >= 0.6 is 11.3 Å². The van der Waals surface area contributed by atoms with E-state index in [1.165, 1.54) is 15.3 Å².